The minimum Gasteiger partial charge on any atom is -0.504 e. The Labute approximate surface area is 111 Å². The fourth-order valence-corrected chi connectivity index (χ4v) is 1.44. The monoisotopic (exact) mass is 265 g/mol. The molecule has 1 rings (SSSR count). The minimum atomic E-state index is -0.733. The number of phenols is 1. The lowest BCUT2D eigenvalue weighted by atomic mass is 10.1. The van der Waals surface area contributed by atoms with Crippen LogP contribution in [0.4, 0.5) is 0 Å². The van der Waals surface area contributed by atoms with Gasteiger partial charge in [0.2, 0.25) is 11.8 Å². The zero-order valence-corrected chi connectivity index (χ0v) is 10.9. The van der Waals surface area contributed by atoms with Crippen LogP contribution in [0.1, 0.15) is 12.5 Å². The predicted octanol–water partition coefficient (Wildman–Crippen LogP) is 0.139. The van der Waals surface area contributed by atoms with Crippen LogP contribution in [-0.2, 0) is 16.0 Å². The van der Waals surface area contributed by atoms with Gasteiger partial charge in [-0.1, -0.05) is 6.07 Å². The highest BCUT2D eigenvalue weighted by Crippen LogP contribution is 2.26. The molecule has 0 aliphatic carbocycles. The molecule has 0 atom stereocenters. The fraction of sp³-hybridized carbons (Fsp3) is 0.308. The van der Waals surface area contributed by atoms with E-state index < -0.39 is 11.8 Å². The fourth-order valence-electron chi connectivity index (χ4n) is 1.44. The normalized spacial score (nSPS) is 10.3. The Bertz CT molecular complexity index is 474. The molecule has 0 saturated heterocycles. The summed E-state index contributed by atoms with van der Waals surface area (Å²) in [5.74, 6) is -0.790. The highest BCUT2D eigenvalue weighted by molar-refractivity contribution is 6.13. The Morgan fingerprint density at radius 2 is 2.11 bits per heavy atom. The molecule has 0 aliphatic rings. The topological polar surface area (TPSA) is 102 Å². The number of carbonyl (C=O) groups is 2. The van der Waals surface area contributed by atoms with E-state index in [2.05, 4.69) is 5.32 Å². The van der Waals surface area contributed by atoms with Crippen LogP contribution in [0.5, 0.6) is 11.5 Å². The molecule has 0 fully saturated rings. The van der Waals surface area contributed by atoms with Crippen LogP contribution in [0.3, 0.4) is 0 Å². The minimum absolute atomic E-state index is 0.0247. The first-order valence-corrected chi connectivity index (χ1v) is 5.73. The van der Waals surface area contributed by atoms with Gasteiger partial charge in [-0.2, -0.15) is 0 Å². The van der Waals surface area contributed by atoms with E-state index >= 15 is 0 Å². The second kappa shape index (κ2) is 6.63. The van der Waals surface area contributed by atoms with Gasteiger partial charge in [0.15, 0.2) is 11.5 Å². The number of ether oxygens (including phenoxy) is 1. The average Bonchev–Trinajstić information content (AvgIpc) is 2.39. The quantitative estimate of drug-likeness (QED) is 0.637. The van der Waals surface area contributed by atoms with Crippen LogP contribution in [-0.4, -0.2) is 30.6 Å². The van der Waals surface area contributed by atoms with Crippen LogP contribution < -0.4 is 15.8 Å². The van der Waals surface area contributed by atoms with E-state index in [9.17, 15) is 14.7 Å². The summed E-state index contributed by atoms with van der Waals surface area (Å²) >= 11 is 0. The van der Waals surface area contributed by atoms with Crippen molar-refractivity contribution in [3.63, 3.8) is 0 Å². The number of methoxy groups -OCH3 is 1. The van der Waals surface area contributed by atoms with E-state index in [-0.39, 0.29) is 11.7 Å². The number of nitrogens with two attached hydrogens (primary N) is 1. The van der Waals surface area contributed by atoms with Crippen molar-refractivity contribution in [3.8, 4) is 11.5 Å². The van der Waals surface area contributed by atoms with E-state index in [0.29, 0.717) is 18.7 Å². The standard InChI is InChI=1S/C13H17N2O4/c1-8(12(14)17)13(18)15-6-5-9-3-4-10(16)11(7-9)19-2/h3-4,7,16H,5-6H2,1-2H3,(H2,14,17)(H,15,18). The molecule has 0 aliphatic heterocycles. The number of primary amides is 1. The average molecular weight is 265 g/mol. The molecule has 1 aromatic carbocycles. The number of phenolic OH excluding ortho intramolecular Hbond substituents is 1. The van der Waals surface area contributed by atoms with E-state index in [0.717, 1.165) is 5.56 Å². The van der Waals surface area contributed by atoms with E-state index in [1.54, 1.807) is 12.1 Å². The first kappa shape index (κ1) is 14.8. The molecule has 6 nitrogen and oxygen atoms in total. The lowest BCUT2D eigenvalue weighted by molar-refractivity contribution is -0.124. The molecule has 1 radical (unpaired) electrons. The molecule has 0 bridgehead atoms. The third-order valence-corrected chi connectivity index (χ3v) is 2.65. The Balaban J connectivity index is 2.49. The number of rotatable bonds is 6. The first-order chi connectivity index (χ1) is 8.95. The number of amides is 2. The highest BCUT2D eigenvalue weighted by atomic mass is 16.5. The molecule has 0 unspecified atom stereocenters. The second-order valence-electron chi connectivity index (χ2n) is 4.00. The summed E-state index contributed by atoms with van der Waals surface area (Å²) in [4.78, 5) is 22.2. The summed E-state index contributed by atoms with van der Waals surface area (Å²) in [6, 6.07) is 4.94. The summed E-state index contributed by atoms with van der Waals surface area (Å²) in [5, 5.41) is 12.0. The molecule has 1 aromatic rings. The molecule has 2 amide bonds. The van der Waals surface area contributed by atoms with Crippen LogP contribution in [0.2, 0.25) is 0 Å². The van der Waals surface area contributed by atoms with Crippen LogP contribution >= 0.6 is 0 Å². The highest BCUT2D eigenvalue weighted by Gasteiger charge is 2.18. The maximum atomic E-state index is 11.4. The van der Waals surface area contributed by atoms with Crippen molar-refractivity contribution in [3.05, 3.63) is 29.7 Å². The summed E-state index contributed by atoms with van der Waals surface area (Å²) in [7, 11) is 1.46. The van der Waals surface area contributed by atoms with Gasteiger partial charge in [-0.15, -0.1) is 0 Å². The predicted molar refractivity (Wildman–Crippen MR) is 69.5 cm³/mol. The number of hydrogen-bond acceptors (Lipinski definition) is 4. The van der Waals surface area contributed by atoms with Crippen molar-refractivity contribution in [2.75, 3.05) is 13.7 Å². The van der Waals surface area contributed by atoms with Crippen LogP contribution in [0, 0.1) is 5.92 Å². The number of carbonyl (C=O) groups excluding carboxylic acids is 2. The van der Waals surface area contributed by atoms with Crippen molar-refractivity contribution in [2.24, 2.45) is 5.73 Å². The molecule has 0 aromatic heterocycles. The molecular formula is C13H17N2O4. The van der Waals surface area contributed by atoms with Crippen LogP contribution in [0.15, 0.2) is 18.2 Å². The Kier molecular flexibility index (Phi) is 5.17. The number of nitrogens with one attached hydrogen (secondary N) is 1. The second-order valence-corrected chi connectivity index (χ2v) is 4.00. The van der Waals surface area contributed by atoms with E-state index in [1.165, 1.54) is 20.1 Å². The van der Waals surface area contributed by atoms with Gasteiger partial charge in [0.05, 0.1) is 7.11 Å². The third-order valence-electron chi connectivity index (χ3n) is 2.65. The maximum absolute atomic E-state index is 11.4. The zero-order chi connectivity index (χ0) is 14.4. The van der Waals surface area contributed by atoms with Gasteiger partial charge < -0.3 is 20.9 Å². The van der Waals surface area contributed by atoms with E-state index in [4.69, 9.17) is 10.5 Å². The number of hydrogen-bond donors (Lipinski definition) is 3. The SMILES string of the molecule is COc1cc(CCNC(=O)[C](C)C(N)=O)ccc1O. The number of aromatic hydroxyl groups is 1. The van der Waals surface area contributed by atoms with Crippen molar-refractivity contribution < 1.29 is 19.4 Å². The lowest BCUT2D eigenvalue weighted by Crippen LogP contribution is -2.36. The smallest absolute Gasteiger partial charge is 0.237 e. The van der Waals surface area contributed by atoms with Gasteiger partial charge in [0, 0.05) is 6.54 Å². The van der Waals surface area contributed by atoms with Gasteiger partial charge in [0.1, 0.15) is 5.92 Å². The Morgan fingerprint density at radius 1 is 1.42 bits per heavy atom. The maximum Gasteiger partial charge on any atom is 0.237 e. The van der Waals surface area contributed by atoms with Gasteiger partial charge >= 0.3 is 0 Å². The lowest BCUT2D eigenvalue weighted by Gasteiger charge is -2.09. The molecule has 19 heavy (non-hydrogen) atoms. The summed E-state index contributed by atoms with van der Waals surface area (Å²) in [6.07, 6.45) is 0.550. The van der Waals surface area contributed by atoms with Gasteiger partial charge in [-0.05, 0) is 31.0 Å². The van der Waals surface area contributed by atoms with Crippen molar-refractivity contribution in [1.29, 1.82) is 0 Å². The van der Waals surface area contributed by atoms with Crippen molar-refractivity contribution in [1.82, 2.24) is 5.32 Å². The molecular weight excluding hydrogens is 248 g/mol. The molecule has 4 N–H and O–H groups in total. The zero-order valence-electron chi connectivity index (χ0n) is 10.9. The molecule has 0 saturated carbocycles. The number of benzene rings is 1. The van der Waals surface area contributed by atoms with Gasteiger partial charge in [0.25, 0.3) is 0 Å². The largest absolute Gasteiger partial charge is 0.504 e. The van der Waals surface area contributed by atoms with Gasteiger partial charge in [-0.3, -0.25) is 9.59 Å². The third kappa shape index (κ3) is 4.17. The Hall–Kier alpha value is -2.24. The van der Waals surface area contributed by atoms with Gasteiger partial charge in [-0.25, -0.2) is 0 Å². The van der Waals surface area contributed by atoms with Crippen molar-refractivity contribution >= 4 is 11.8 Å². The first-order valence-electron chi connectivity index (χ1n) is 5.73. The summed E-state index contributed by atoms with van der Waals surface area (Å²) in [5.41, 5.74) is 5.89. The van der Waals surface area contributed by atoms with E-state index in [1.807, 2.05) is 0 Å². The molecule has 0 spiro atoms. The van der Waals surface area contributed by atoms with Crippen LogP contribution in [0.25, 0.3) is 0 Å². The van der Waals surface area contributed by atoms with Crippen molar-refractivity contribution in [2.45, 2.75) is 13.3 Å². The Morgan fingerprint density at radius 3 is 2.68 bits per heavy atom. The molecule has 6 heteroatoms. The molecule has 0 heterocycles. The summed E-state index contributed by atoms with van der Waals surface area (Å²) < 4.78 is 4.98. The molecule has 103 valence electrons. The summed E-state index contributed by atoms with van der Waals surface area (Å²) in [6.45, 7) is 1.73.